The third kappa shape index (κ3) is 3.01. The number of alkyl halides is 1. The Morgan fingerprint density at radius 1 is 1.53 bits per heavy atom. The van der Waals surface area contributed by atoms with Crippen LogP contribution in [-0.4, -0.2) is 24.4 Å². The van der Waals surface area contributed by atoms with Crippen LogP contribution in [0.5, 0.6) is 0 Å². The molecule has 1 aromatic rings. The Labute approximate surface area is 108 Å². The summed E-state index contributed by atoms with van der Waals surface area (Å²) < 4.78 is 0. The van der Waals surface area contributed by atoms with Crippen molar-refractivity contribution in [1.29, 1.82) is 0 Å². The predicted octanol–water partition coefficient (Wildman–Crippen LogP) is 3.15. The van der Waals surface area contributed by atoms with Gasteiger partial charge in [-0.25, -0.2) is 0 Å². The largest absolute Gasteiger partial charge is 0.341 e. The molecule has 0 bridgehead atoms. The van der Waals surface area contributed by atoms with Crippen LogP contribution in [-0.2, 0) is 5.88 Å². The molecular formula is C14H18ClNO. The molecule has 2 atom stereocenters. The lowest BCUT2D eigenvalue weighted by Crippen LogP contribution is -2.29. The number of carbonyl (C=O) groups excluding carboxylic acids is 1. The van der Waals surface area contributed by atoms with Crippen LogP contribution < -0.4 is 0 Å². The Morgan fingerprint density at radius 3 is 2.82 bits per heavy atom. The van der Waals surface area contributed by atoms with E-state index >= 15 is 0 Å². The lowest BCUT2D eigenvalue weighted by Gasteiger charge is -2.17. The third-order valence-electron chi connectivity index (χ3n) is 3.46. The number of hydrogen-bond donors (Lipinski definition) is 0. The second-order valence-corrected chi connectivity index (χ2v) is 5.26. The summed E-state index contributed by atoms with van der Waals surface area (Å²) in [6.07, 6.45) is 1.25. The molecule has 92 valence electrons. The molecule has 1 fully saturated rings. The molecule has 0 saturated heterocycles. The number of halogens is 1. The van der Waals surface area contributed by atoms with Crippen molar-refractivity contribution in [2.24, 2.45) is 11.8 Å². The first-order chi connectivity index (χ1) is 8.11. The summed E-state index contributed by atoms with van der Waals surface area (Å²) in [5.74, 6) is 2.01. The number of rotatable bonds is 4. The Bertz CT molecular complexity index is 418. The molecule has 0 spiro atoms. The Hall–Kier alpha value is -1.02. The van der Waals surface area contributed by atoms with E-state index in [1.165, 1.54) is 6.42 Å². The van der Waals surface area contributed by atoms with Gasteiger partial charge in [0.05, 0.1) is 0 Å². The zero-order chi connectivity index (χ0) is 12.4. The lowest BCUT2D eigenvalue weighted by atomic mass is 10.1. The number of hydrogen-bond acceptors (Lipinski definition) is 1. The van der Waals surface area contributed by atoms with Gasteiger partial charge in [0, 0.05) is 25.0 Å². The molecule has 1 aromatic carbocycles. The summed E-state index contributed by atoms with van der Waals surface area (Å²) in [5, 5.41) is 0. The molecule has 2 unspecified atom stereocenters. The highest BCUT2D eigenvalue weighted by Gasteiger charge is 2.34. The van der Waals surface area contributed by atoms with E-state index in [1.807, 2.05) is 36.2 Å². The minimum atomic E-state index is 0.0936. The summed E-state index contributed by atoms with van der Waals surface area (Å²) in [5.41, 5.74) is 1.73. The van der Waals surface area contributed by atoms with Crippen LogP contribution in [0, 0.1) is 11.8 Å². The molecule has 0 N–H and O–H groups in total. The standard InChI is InChI=1S/C14H18ClNO/c1-10-6-13(10)9-16(2)14(17)12-5-3-4-11(7-12)8-15/h3-5,7,10,13H,6,8-9H2,1-2H3. The van der Waals surface area contributed by atoms with Crippen molar-refractivity contribution in [3.8, 4) is 0 Å². The lowest BCUT2D eigenvalue weighted by molar-refractivity contribution is 0.0787. The van der Waals surface area contributed by atoms with Crippen molar-refractivity contribution in [2.75, 3.05) is 13.6 Å². The maximum Gasteiger partial charge on any atom is 0.253 e. The first kappa shape index (κ1) is 12.4. The maximum absolute atomic E-state index is 12.2. The van der Waals surface area contributed by atoms with Crippen LogP contribution in [0.25, 0.3) is 0 Å². The van der Waals surface area contributed by atoms with Crippen LogP contribution in [0.2, 0.25) is 0 Å². The van der Waals surface area contributed by atoms with E-state index in [4.69, 9.17) is 11.6 Å². The van der Waals surface area contributed by atoms with Gasteiger partial charge in [0.1, 0.15) is 0 Å². The van der Waals surface area contributed by atoms with Gasteiger partial charge in [-0.1, -0.05) is 19.1 Å². The topological polar surface area (TPSA) is 20.3 Å². The average Bonchev–Trinajstić information content (AvgIpc) is 3.04. The smallest absolute Gasteiger partial charge is 0.253 e. The Kier molecular flexibility index (Phi) is 3.72. The molecule has 0 aliphatic heterocycles. The molecule has 1 amide bonds. The molecular weight excluding hydrogens is 234 g/mol. The molecule has 0 radical (unpaired) electrons. The zero-order valence-electron chi connectivity index (χ0n) is 10.3. The summed E-state index contributed by atoms with van der Waals surface area (Å²) in [7, 11) is 1.88. The maximum atomic E-state index is 12.2. The quantitative estimate of drug-likeness (QED) is 0.753. The van der Waals surface area contributed by atoms with Gasteiger partial charge in [-0.2, -0.15) is 0 Å². The number of benzene rings is 1. The number of carbonyl (C=O) groups is 1. The van der Waals surface area contributed by atoms with Gasteiger partial charge >= 0.3 is 0 Å². The highest BCUT2D eigenvalue weighted by atomic mass is 35.5. The summed E-state index contributed by atoms with van der Waals surface area (Å²) in [6, 6.07) is 7.55. The summed E-state index contributed by atoms with van der Waals surface area (Å²) in [4.78, 5) is 14.0. The third-order valence-corrected chi connectivity index (χ3v) is 3.77. The van der Waals surface area contributed by atoms with Gasteiger partial charge in [-0.3, -0.25) is 4.79 Å². The predicted molar refractivity (Wildman–Crippen MR) is 70.2 cm³/mol. The van der Waals surface area contributed by atoms with Gasteiger partial charge in [-0.15, -0.1) is 11.6 Å². The molecule has 1 saturated carbocycles. The minimum absolute atomic E-state index is 0.0936. The molecule has 17 heavy (non-hydrogen) atoms. The van der Waals surface area contributed by atoms with Crippen molar-refractivity contribution >= 4 is 17.5 Å². The molecule has 2 nitrogen and oxygen atoms in total. The van der Waals surface area contributed by atoms with E-state index in [2.05, 4.69) is 6.92 Å². The normalized spacial score (nSPS) is 22.3. The molecule has 3 heteroatoms. The van der Waals surface area contributed by atoms with Gasteiger partial charge in [-0.05, 0) is 36.0 Å². The van der Waals surface area contributed by atoms with E-state index in [0.717, 1.165) is 23.6 Å². The summed E-state index contributed by atoms with van der Waals surface area (Å²) >= 11 is 5.77. The number of amides is 1. The second-order valence-electron chi connectivity index (χ2n) is 4.99. The van der Waals surface area contributed by atoms with Gasteiger partial charge in [0.2, 0.25) is 0 Å². The molecule has 0 heterocycles. The molecule has 0 aromatic heterocycles. The van der Waals surface area contributed by atoms with Crippen molar-refractivity contribution in [1.82, 2.24) is 4.90 Å². The fourth-order valence-corrected chi connectivity index (χ4v) is 2.26. The second kappa shape index (κ2) is 5.09. The van der Waals surface area contributed by atoms with Crippen LogP contribution in [0.1, 0.15) is 29.3 Å². The van der Waals surface area contributed by atoms with Gasteiger partial charge in [0.15, 0.2) is 0 Å². The molecule has 1 aliphatic carbocycles. The summed E-state index contributed by atoms with van der Waals surface area (Å²) in [6.45, 7) is 3.10. The van der Waals surface area contributed by atoms with Crippen LogP contribution in [0.3, 0.4) is 0 Å². The van der Waals surface area contributed by atoms with E-state index in [9.17, 15) is 4.79 Å². The van der Waals surface area contributed by atoms with Crippen molar-refractivity contribution in [3.05, 3.63) is 35.4 Å². The van der Waals surface area contributed by atoms with Gasteiger partial charge < -0.3 is 4.90 Å². The van der Waals surface area contributed by atoms with Crippen LogP contribution >= 0.6 is 11.6 Å². The van der Waals surface area contributed by atoms with E-state index < -0.39 is 0 Å². The Balaban J connectivity index is 2.02. The first-order valence-corrected chi connectivity index (χ1v) is 6.55. The molecule has 2 rings (SSSR count). The SMILES string of the molecule is CC1CC1CN(C)C(=O)c1cccc(CCl)c1. The highest BCUT2D eigenvalue weighted by Crippen LogP contribution is 2.38. The fourth-order valence-electron chi connectivity index (χ4n) is 2.10. The van der Waals surface area contributed by atoms with E-state index in [-0.39, 0.29) is 5.91 Å². The van der Waals surface area contributed by atoms with E-state index in [0.29, 0.717) is 11.8 Å². The zero-order valence-corrected chi connectivity index (χ0v) is 11.1. The minimum Gasteiger partial charge on any atom is -0.341 e. The highest BCUT2D eigenvalue weighted by molar-refractivity contribution is 6.17. The van der Waals surface area contributed by atoms with Crippen molar-refractivity contribution < 1.29 is 4.79 Å². The van der Waals surface area contributed by atoms with Gasteiger partial charge in [0.25, 0.3) is 5.91 Å². The van der Waals surface area contributed by atoms with Crippen LogP contribution in [0.15, 0.2) is 24.3 Å². The number of nitrogens with zero attached hydrogens (tertiary/aromatic N) is 1. The average molecular weight is 252 g/mol. The fraction of sp³-hybridized carbons (Fsp3) is 0.500. The monoisotopic (exact) mass is 251 g/mol. The Morgan fingerprint density at radius 2 is 2.24 bits per heavy atom. The van der Waals surface area contributed by atoms with E-state index in [1.54, 1.807) is 0 Å². The van der Waals surface area contributed by atoms with Crippen molar-refractivity contribution in [2.45, 2.75) is 19.2 Å². The van der Waals surface area contributed by atoms with Crippen molar-refractivity contribution in [3.63, 3.8) is 0 Å². The van der Waals surface area contributed by atoms with Crippen LogP contribution in [0.4, 0.5) is 0 Å². The molecule has 1 aliphatic rings. The first-order valence-electron chi connectivity index (χ1n) is 6.02.